The summed E-state index contributed by atoms with van der Waals surface area (Å²) < 4.78 is 0. The van der Waals surface area contributed by atoms with Crippen molar-refractivity contribution in [2.45, 2.75) is 44.8 Å². The SMILES string of the molecule is C=CC1C(SC)CC(C)C1CCCC. The van der Waals surface area contributed by atoms with Crippen molar-refractivity contribution in [1.29, 1.82) is 0 Å². The molecule has 0 aromatic rings. The van der Waals surface area contributed by atoms with Crippen molar-refractivity contribution in [3.8, 4) is 0 Å². The van der Waals surface area contributed by atoms with Crippen LogP contribution in [0.15, 0.2) is 12.7 Å². The highest BCUT2D eigenvalue weighted by Gasteiger charge is 2.37. The summed E-state index contributed by atoms with van der Waals surface area (Å²) in [4.78, 5) is 0. The molecule has 82 valence electrons. The molecule has 0 saturated heterocycles. The maximum Gasteiger partial charge on any atom is 0.0112 e. The van der Waals surface area contributed by atoms with Crippen molar-refractivity contribution < 1.29 is 0 Å². The van der Waals surface area contributed by atoms with Crippen LogP contribution in [-0.4, -0.2) is 11.5 Å². The minimum atomic E-state index is 0.770. The first-order valence-corrected chi connectivity index (χ1v) is 7.18. The zero-order valence-electron chi connectivity index (χ0n) is 9.83. The Kier molecular flexibility index (Phi) is 5.08. The van der Waals surface area contributed by atoms with Gasteiger partial charge < -0.3 is 0 Å². The molecule has 0 amide bonds. The molecule has 4 unspecified atom stereocenters. The summed E-state index contributed by atoms with van der Waals surface area (Å²) in [6.07, 6.45) is 9.98. The lowest BCUT2D eigenvalue weighted by Crippen LogP contribution is -2.15. The monoisotopic (exact) mass is 212 g/mol. The molecule has 0 aliphatic heterocycles. The fourth-order valence-corrected chi connectivity index (χ4v) is 3.97. The summed E-state index contributed by atoms with van der Waals surface area (Å²) in [6, 6.07) is 0. The van der Waals surface area contributed by atoms with Crippen molar-refractivity contribution >= 4 is 11.8 Å². The van der Waals surface area contributed by atoms with Gasteiger partial charge in [0.25, 0.3) is 0 Å². The van der Waals surface area contributed by atoms with E-state index in [0.29, 0.717) is 0 Å². The van der Waals surface area contributed by atoms with Crippen molar-refractivity contribution in [2.75, 3.05) is 6.26 Å². The van der Waals surface area contributed by atoms with Crippen LogP contribution in [0.3, 0.4) is 0 Å². The van der Waals surface area contributed by atoms with E-state index in [1.54, 1.807) is 0 Å². The number of unbranched alkanes of at least 4 members (excludes halogenated alkanes) is 1. The molecule has 0 N–H and O–H groups in total. The molecule has 14 heavy (non-hydrogen) atoms. The van der Waals surface area contributed by atoms with E-state index >= 15 is 0 Å². The van der Waals surface area contributed by atoms with Crippen LogP contribution in [0.25, 0.3) is 0 Å². The molecule has 4 atom stereocenters. The van der Waals surface area contributed by atoms with Crippen molar-refractivity contribution in [2.24, 2.45) is 17.8 Å². The Balaban J connectivity index is 2.57. The fourth-order valence-electron chi connectivity index (χ4n) is 2.85. The molecule has 1 saturated carbocycles. The average Bonchev–Trinajstić information content (AvgIpc) is 2.51. The highest BCUT2D eigenvalue weighted by atomic mass is 32.2. The summed E-state index contributed by atoms with van der Waals surface area (Å²) in [5.74, 6) is 2.58. The number of rotatable bonds is 5. The van der Waals surface area contributed by atoms with Crippen LogP contribution in [0.2, 0.25) is 0 Å². The van der Waals surface area contributed by atoms with Gasteiger partial charge in [0, 0.05) is 5.25 Å². The Bertz CT molecular complexity index is 176. The zero-order valence-corrected chi connectivity index (χ0v) is 10.6. The van der Waals surface area contributed by atoms with E-state index in [-0.39, 0.29) is 0 Å². The molecule has 0 nitrogen and oxygen atoms in total. The minimum Gasteiger partial charge on any atom is -0.161 e. The molecule has 1 heteroatoms. The number of allylic oxidation sites excluding steroid dienone is 1. The van der Waals surface area contributed by atoms with E-state index in [0.717, 1.165) is 23.0 Å². The maximum atomic E-state index is 4.02. The highest BCUT2D eigenvalue weighted by Crippen LogP contribution is 2.45. The first-order chi connectivity index (χ1) is 6.74. The topological polar surface area (TPSA) is 0 Å². The quantitative estimate of drug-likeness (QED) is 0.610. The maximum absolute atomic E-state index is 4.02. The normalized spacial score (nSPS) is 37.4. The molecule has 0 spiro atoms. The highest BCUT2D eigenvalue weighted by molar-refractivity contribution is 7.99. The van der Waals surface area contributed by atoms with Crippen LogP contribution < -0.4 is 0 Å². The Labute approximate surface area is 93.5 Å². The van der Waals surface area contributed by atoms with Crippen molar-refractivity contribution in [1.82, 2.24) is 0 Å². The van der Waals surface area contributed by atoms with Gasteiger partial charge in [-0.15, -0.1) is 6.58 Å². The van der Waals surface area contributed by atoms with Crippen LogP contribution >= 0.6 is 11.8 Å². The zero-order chi connectivity index (χ0) is 10.6. The molecular formula is C13H24S. The second-order valence-electron chi connectivity index (χ2n) is 4.61. The molecule has 0 aromatic heterocycles. The van der Waals surface area contributed by atoms with Gasteiger partial charge in [-0.05, 0) is 36.9 Å². The summed E-state index contributed by atoms with van der Waals surface area (Å²) in [5.41, 5.74) is 0. The van der Waals surface area contributed by atoms with Gasteiger partial charge in [0.15, 0.2) is 0 Å². The van der Waals surface area contributed by atoms with E-state index in [1.807, 2.05) is 11.8 Å². The van der Waals surface area contributed by atoms with E-state index < -0.39 is 0 Å². The molecule has 1 rings (SSSR count). The second-order valence-corrected chi connectivity index (χ2v) is 5.68. The first-order valence-electron chi connectivity index (χ1n) is 5.89. The van der Waals surface area contributed by atoms with Gasteiger partial charge >= 0.3 is 0 Å². The van der Waals surface area contributed by atoms with Gasteiger partial charge in [0.2, 0.25) is 0 Å². The summed E-state index contributed by atoms with van der Waals surface area (Å²) >= 11 is 2.03. The summed E-state index contributed by atoms with van der Waals surface area (Å²) in [5, 5.41) is 0.837. The van der Waals surface area contributed by atoms with Crippen LogP contribution in [0.4, 0.5) is 0 Å². The number of hydrogen-bond acceptors (Lipinski definition) is 1. The van der Waals surface area contributed by atoms with Crippen LogP contribution in [0, 0.1) is 17.8 Å². The minimum absolute atomic E-state index is 0.770. The predicted molar refractivity (Wildman–Crippen MR) is 67.8 cm³/mol. The van der Waals surface area contributed by atoms with Gasteiger partial charge in [-0.25, -0.2) is 0 Å². The average molecular weight is 212 g/mol. The molecule has 1 aliphatic carbocycles. The lowest BCUT2D eigenvalue weighted by molar-refractivity contribution is 0.337. The smallest absolute Gasteiger partial charge is 0.0112 e. The van der Waals surface area contributed by atoms with Gasteiger partial charge in [-0.1, -0.05) is 32.8 Å². The standard InChI is InChI=1S/C13H24S/c1-5-7-8-12-10(3)9-13(14-4)11(12)6-2/h6,10-13H,2,5,7-9H2,1,3-4H3. The Morgan fingerprint density at radius 1 is 1.50 bits per heavy atom. The van der Waals surface area contributed by atoms with E-state index in [1.165, 1.54) is 25.7 Å². The lowest BCUT2D eigenvalue weighted by Gasteiger charge is -2.22. The number of hydrogen-bond donors (Lipinski definition) is 0. The van der Waals surface area contributed by atoms with E-state index in [9.17, 15) is 0 Å². The Morgan fingerprint density at radius 2 is 2.21 bits per heavy atom. The van der Waals surface area contributed by atoms with E-state index in [4.69, 9.17) is 0 Å². The van der Waals surface area contributed by atoms with Gasteiger partial charge in [-0.3, -0.25) is 0 Å². The van der Waals surface area contributed by atoms with E-state index in [2.05, 4.69) is 32.8 Å². The molecule has 0 heterocycles. The Hall–Kier alpha value is 0.0900. The largest absolute Gasteiger partial charge is 0.161 e. The Morgan fingerprint density at radius 3 is 2.71 bits per heavy atom. The van der Waals surface area contributed by atoms with Crippen molar-refractivity contribution in [3.63, 3.8) is 0 Å². The van der Waals surface area contributed by atoms with Gasteiger partial charge in [0.1, 0.15) is 0 Å². The van der Waals surface area contributed by atoms with Crippen LogP contribution in [0.1, 0.15) is 39.5 Å². The molecule has 1 fully saturated rings. The molecule has 0 bridgehead atoms. The van der Waals surface area contributed by atoms with Crippen molar-refractivity contribution in [3.05, 3.63) is 12.7 Å². The van der Waals surface area contributed by atoms with Crippen LogP contribution in [-0.2, 0) is 0 Å². The summed E-state index contributed by atoms with van der Waals surface area (Å²) in [6.45, 7) is 8.73. The van der Waals surface area contributed by atoms with Crippen LogP contribution in [0.5, 0.6) is 0 Å². The molecule has 0 radical (unpaired) electrons. The third kappa shape index (κ3) is 2.56. The summed E-state index contributed by atoms with van der Waals surface area (Å²) in [7, 11) is 0. The third-order valence-corrected chi connectivity index (χ3v) is 4.84. The van der Waals surface area contributed by atoms with Gasteiger partial charge in [-0.2, -0.15) is 11.8 Å². The lowest BCUT2D eigenvalue weighted by atomic mass is 9.86. The first kappa shape index (κ1) is 12.2. The number of thioether (sulfide) groups is 1. The third-order valence-electron chi connectivity index (χ3n) is 3.72. The fraction of sp³-hybridized carbons (Fsp3) is 0.846. The molecule has 0 aromatic carbocycles. The van der Waals surface area contributed by atoms with Gasteiger partial charge in [0.05, 0.1) is 0 Å². The molecule has 1 aliphatic rings. The second kappa shape index (κ2) is 5.85. The predicted octanol–water partition coefficient (Wildman–Crippen LogP) is 4.37. The molecular weight excluding hydrogens is 188 g/mol.